The SMILES string of the molecule is COc1cc(-c2scnc2C)ccc1CNC(=O)[C@H]1C[C@H](O)CN1C(=O)[C@@H](c1cc(C)no1)C(C)C. The molecule has 0 bridgehead atoms. The van der Waals surface area contributed by atoms with Crippen LogP contribution in [-0.2, 0) is 16.1 Å². The van der Waals surface area contributed by atoms with Crippen LogP contribution in [0.15, 0.2) is 34.3 Å². The summed E-state index contributed by atoms with van der Waals surface area (Å²) in [5, 5.41) is 17.2. The smallest absolute Gasteiger partial charge is 0.243 e. The molecular weight excluding hydrogens is 480 g/mol. The number of aromatic nitrogens is 2. The third-order valence-corrected chi connectivity index (χ3v) is 7.48. The molecule has 0 radical (unpaired) electrons. The first-order chi connectivity index (χ1) is 17.2. The Morgan fingerprint density at radius 2 is 2.08 bits per heavy atom. The van der Waals surface area contributed by atoms with Gasteiger partial charge in [0.2, 0.25) is 11.8 Å². The summed E-state index contributed by atoms with van der Waals surface area (Å²) in [6, 6.07) is 6.80. The topological polar surface area (TPSA) is 118 Å². The van der Waals surface area contributed by atoms with Crippen LogP contribution in [0.25, 0.3) is 10.4 Å². The summed E-state index contributed by atoms with van der Waals surface area (Å²) in [5.41, 5.74) is 5.25. The van der Waals surface area contributed by atoms with Crippen molar-refractivity contribution in [2.75, 3.05) is 13.7 Å². The van der Waals surface area contributed by atoms with E-state index in [1.807, 2.05) is 44.5 Å². The summed E-state index contributed by atoms with van der Waals surface area (Å²) in [6.07, 6.45) is -0.594. The number of amides is 2. The second-order valence-corrected chi connectivity index (χ2v) is 10.4. The third-order valence-electron chi connectivity index (χ3n) is 6.50. The fourth-order valence-corrected chi connectivity index (χ4v) is 5.46. The number of hydrogen-bond donors (Lipinski definition) is 2. The van der Waals surface area contributed by atoms with Gasteiger partial charge in [0, 0.05) is 31.1 Å². The highest BCUT2D eigenvalue weighted by atomic mass is 32.1. The molecule has 4 rings (SSSR count). The van der Waals surface area contributed by atoms with Crippen molar-refractivity contribution in [2.24, 2.45) is 5.92 Å². The predicted octanol–water partition coefficient (Wildman–Crippen LogP) is 3.44. The van der Waals surface area contributed by atoms with Crippen molar-refractivity contribution in [3.05, 3.63) is 52.5 Å². The molecule has 2 aromatic heterocycles. The zero-order valence-electron chi connectivity index (χ0n) is 21.1. The molecule has 1 aromatic carbocycles. The van der Waals surface area contributed by atoms with Crippen molar-refractivity contribution in [3.63, 3.8) is 0 Å². The van der Waals surface area contributed by atoms with E-state index in [9.17, 15) is 14.7 Å². The highest BCUT2D eigenvalue weighted by Gasteiger charge is 2.43. The van der Waals surface area contributed by atoms with Crippen LogP contribution in [0, 0.1) is 19.8 Å². The van der Waals surface area contributed by atoms with Gasteiger partial charge in [0.1, 0.15) is 23.5 Å². The minimum Gasteiger partial charge on any atom is -0.496 e. The van der Waals surface area contributed by atoms with Crippen LogP contribution >= 0.6 is 11.3 Å². The normalized spacial score (nSPS) is 18.5. The number of aliphatic hydroxyl groups is 1. The number of aliphatic hydroxyl groups excluding tert-OH is 1. The van der Waals surface area contributed by atoms with Gasteiger partial charge in [-0.2, -0.15) is 0 Å². The summed E-state index contributed by atoms with van der Waals surface area (Å²) in [6.45, 7) is 7.93. The number of aryl methyl sites for hydroxylation is 2. The number of nitrogens with one attached hydrogen (secondary N) is 1. The van der Waals surface area contributed by atoms with Gasteiger partial charge in [0.15, 0.2) is 0 Å². The Morgan fingerprint density at radius 3 is 2.69 bits per heavy atom. The number of likely N-dealkylation sites (tertiary alicyclic amines) is 1. The van der Waals surface area contributed by atoms with Gasteiger partial charge in [-0.25, -0.2) is 4.98 Å². The van der Waals surface area contributed by atoms with Gasteiger partial charge in [-0.15, -0.1) is 11.3 Å². The number of thiazole rings is 1. The van der Waals surface area contributed by atoms with E-state index in [0.717, 1.165) is 21.7 Å². The minimum atomic E-state index is -0.775. The summed E-state index contributed by atoms with van der Waals surface area (Å²) >= 11 is 1.56. The number of β-amino-alcohol motifs (C(OH)–C–C–N with tert-alkyl or cyclic N) is 1. The Bertz CT molecular complexity index is 1240. The van der Waals surface area contributed by atoms with Gasteiger partial charge in [-0.1, -0.05) is 31.1 Å². The maximum Gasteiger partial charge on any atom is 0.243 e. The van der Waals surface area contributed by atoms with Crippen molar-refractivity contribution in [3.8, 4) is 16.2 Å². The standard InChI is InChI=1S/C26H32N4O5S/c1-14(2)23(22-8-15(3)29-35-22)26(33)30-12-19(31)10-20(30)25(32)27-11-18-7-6-17(9-21(18)34-5)24-16(4)28-13-36-24/h6-9,13-14,19-20,23,31H,10-12H2,1-5H3,(H,27,32)/t19-,20+,23+/m0/s1. The van der Waals surface area contributed by atoms with Gasteiger partial charge in [0.05, 0.1) is 35.0 Å². The number of carbonyl (C=O) groups excluding carboxylic acids is 2. The molecule has 36 heavy (non-hydrogen) atoms. The van der Waals surface area contributed by atoms with Crippen LogP contribution in [0.4, 0.5) is 0 Å². The molecule has 3 atom stereocenters. The van der Waals surface area contributed by atoms with E-state index in [-0.39, 0.29) is 37.2 Å². The maximum absolute atomic E-state index is 13.5. The van der Waals surface area contributed by atoms with Gasteiger partial charge in [-0.3, -0.25) is 9.59 Å². The lowest BCUT2D eigenvalue weighted by Gasteiger charge is -2.28. The van der Waals surface area contributed by atoms with Crippen molar-refractivity contribution in [1.82, 2.24) is 20.4 Å². The molecule has 1 aliphatic heterocycles. The van der Waals surface area contributed by atoms with Crippen LogP contribution in [0.3, 0.4) is 0 Å². The van der Waals surface area contributed by atoms with Crippen molar-refractivity contribution in [2.45, 2.75) is 58.7 Å². The van der Waals surface area contributed by atoms with Crippen molar-refractivity contribution in [1.29, 1.82) is 0 Å². The van der Waals surface area contributed by atoms with Gasteiger partial charge >= 0.3 is 0 Å². The second kappa shape index (κ2) is 10.8. The minimum absolute atomic E-state index is 0.0729. The molecule has 0 spiro atoms. The molecule has 192 valence electrons. The Morgan fingerprint density at radius 1 is 1.31 bits per heavy atom. The predicted molar refractivity (Wildman–Crippen MR) is 136 cm³/mol. The molecular formula is C26H32N4O5S. The maximum atomic E-state index is 13.5. The van der Waals surface area contributed by atoms with E-state index in [0.29, 0.717) is 17.2 Å². The monoisotopic (exact) mass is 512 g/mol. The van der Waals surface area contributed by atoms with Gasteiger partial charge in [0.25, 0.3) is 0 Å². The van der Waals surface area contributed by atoms with Crippen molar-refractivity contribution >= 4 is 23.2 Å². The average Bonchev–Trinajstić information content (AvgIpc) is 3.57. The lowest BCUT2D eigenvalue weighted by atomic mass is 9.91. The van der Waals surface area contributed by atoms with E-state index in [1.54, 1.807) is 31.4 Å². The second-order valence-electron chi connectivity index (χ2n) is 9.50. The van der Waals surface area contributed by atoms with Crippen LogP contribution < -0.4 is 10.1 Å². The highest BCUT2D eigenvalue weighted by Crippen LogP contribution is 2.33. The number of methoxy groups -OCH3 is 1. The molecule has 0 saturated carbocycles. The zero-order valence-corrected chi connectivity index (χ0v) is 22.0. The van der Waals surface area contributed by atoms with Crippen molar-refractivity contribution < 1.29 is 24.0 Å². The van der Waals surface area contributed by atoms with E-state index < -0.39 is 18.1 Å². The van der Waals surface area contributed by atoms with Crippen LogP contribution in [0.5, 0.6) is 5.75 Å². The van der Waals surface area contributed by atoms with E-state index in [1.165, 1.54) is 4.90 Å². The van der Waals surface area contributed by atoms with Crippen LogP contribution in [0.1, 0.15) is 48.9 Å². The molecule has 1 aliphatic rings. The Kier molecular flexibility index (Phi) is 7.75. The first kappa shape index (κ1) is 25.8. The molecule has 3 heterocycles. The Labute approximate surface area is 214 Å². The lowest BCUT2D eigenvalue weighted by molar-refractivity contribution is -0.141. The van der Waals surface area contributed by atoms with E-state index >= 15 is 0 Å². The molecule has 9 nitrogen and oxygen atoms in total. The summed E-state index contributed by atoms with van der Waals surface area (Å²) in [7, 11) is 1.59. The summed E-state index contributed by atoms with van der Waals surface area (Å²) in [4.78, 5) is 33.6. The highest BCUT2D eigenvalue weighted by molar-refractivity contribution is 7.13. The quantitative estimate of drug-likeness (QED) is 0.475. The van der Waals surface area contributed by atoms with Gasteiger partial charge < -0.3 is 24.6 Å². The number of benzene rings is 1. The average molecular weight is 513 g/mol. The Balaban J connectivity index is 1.48. The van der Waals surface area contributed by atoms with Crippen LogP contribution in [-0.4, -0.2) is 57.8 Å². The third kappa shape index (κ3) is 5.29. The first-order valence-electron chi connectivity index (χ1n) is 12.0. The Hall–Kier alpha value is -3.24. The number of carbonyl (C=O) groups is 2. The lowest BCUT2D eigenvalue weighted by Crippen LogP contribution is -2.48. The van der Waals surface area contributed by atoms with E-state index in [4.69, 9.17) is 9.26 Å². The fourth-order valence-electron chi connectivity index (χ4n) is 4.66. The summed E-state index contributed by atoms with van der Waals surface area (Å²) < 4.78 is 11.0. The molecule has 1 saturated heterocycles. The largest absolute Gasteiger partial charge is 0.496 e. The summed E-state index contributed by atoms with van der Waals surface area (Å²) in [5.74, 6) is -0.110. The number of hydrogen-bond acceptors (Lipinski definition) is 8. The molecule has 2 amide bonds. The molecule has 2 N–H and O–H groups in total. The molecule has 0 aliphatic carbocycles. The van der Waals surface area contributed by atoms with Gasteiger partial charge in [-0.05, 0) is 31.4 Å². The van der Waals surface area contributed by atoms with E-state index in [2.05, 4.69) is 15.5 Å². The molecule has 3 aromatic rings. The number of rotatable bonds is 8. The van der Waals surface area contributed by atoms with Crippen LogP contribution in [0.2, 0.25) is 0 Å². The molecule has 0 unspecified atom stereocenters. The number of ether oxygens (including phenoxy) is 1. The zero-order chi connectivity index (χ0) is 26.0. The molecule has 10 heteroatoms. The first-order valence-corrected chi connectivity index (χ1v) is 12.8. The fraction of sp³-hybridized carbons (Fsp3) is 0.462. The molecule has 1 fully saturated rings. The number of nitrogens with zero attached hydrogens (tertiary/aromatic N) is 3.